The summed E-state index contributed by atoms with van der Waals surface area (Å²) < 4.78 is 13.1. The number of carbonyl (C=O) groups excluding carboxylic acids is 2. The summed E-state index contributed by atoms with van der Waals surface area (Å²) in [6.45, 7) is 4.04. The average molecular weight is 518 g/mol. The first-order chi connectivity index (χ1) is 18.0. The van der Waals surface area contributed by atoms with Crippen LogP contribution in [0.25, 0.3) is 0 Å². The number of rotatable bonds is 5. The van der Waals surface area contributed by atoms with Gasteiger partial charge in [0.05, 0.1) is 23.1 Å². The van der Waals surface area contributed by atoms with Gasteiger partial charge in [0, 0.05) is 56.3 Å². The highest BCUT2D eigenvalue weighted by Gasteiger charge is 2.28. The van der Waals surface area contributed by atoms with Crippen LogP contribution in [0.2, 0.25) is 0 Å². The first-order valence-electron chi connectivity index (χ1n) is 12.5. The summed E-state index contributed by atoms with van der Waals surface area (Å²) in [4.78, 5) is 36.4. The maximum atomic E-state index is 13.1. The van der Waals surface area contributed by atoms with Crippen molar-refractivity contribution in [1.29, 1.82) is 5.26 Å². The summed E-state index contributed by atoms with van der Waals surface area (Å²) in [7, 11) is 0. The molecule has 0 spiro atoms. The highest BCUT2D eigenvalue weighted by atomic mass is 32.1. The number of piperazine rings is 1. The first kappa shape index (κ1) is 24.9. The predicted octanol–water partition coefficient (Wildman–Crippen LogP) is 4.06. The summed E-state index contributed by atoms with van der Waals surface area (Å²) >= 11 is 1.53. The van der Waals surface area contributed by atoms with Crippen molar-refractivity contribution in [2.24, 2.45) is 0 Å². The highest BCUT2D eigenvalue weighted by molar-refractivity contribution is 7.09. The monoisotopic (exact) mass is 517 g/mol. The average Bonchev–Trinajstić information content (AvgIpc) is 3.44. The Balaban J connectivity index is 1.11. The molecule has 7 nitrogen and oxygen atoms in total. The van der Waals surface area contributed by atoms with Crippen molar-refractivity contribution in [3.05, 3.63) is 81.6 Å². The number of hydrogen-bond donors (Lipinski definition) is 0. The quantitative estimate of drug-likeness (QED) is 0.510. The lowest BCUT2D eigenvalue weighted by Crippen LogP contribution is -2.48. The molecule has 9 heteroatoms. The Hall–Kier alpha value is -3.77. The lowest BCUT2D eigenvalue weighted by molar-refractivity contribution is -0.131. The molecule has 3 aromatic rings. The van der Waals surface area contributed by atoms with E-state index in [9.17, 15) is 14.0 Å². The summed E-state index contributed by atoms with van der Waals surface area (Å²) in [5, 5.41) is 11.8. The molecule has 190 valence electrons. The molecule has 1 aromatic heterocycles. The second-order valence-electron chi connectivity index (χ2n) is 9.47. The molecule has 2 aliphatic heterocycles. The van der Waals surface area contributed by atoms with Crippen molar-refractivity contribution < 1.29 is 14.0 Å². The fraction of sp³-hybridized carbons (Fsp3) is 0.357. The Morgan fingerprint density at radius 3 is 2.27 bits per heavy atom. The van der Waals surface area contributed by atoms with E-state index in [4.69, 9.17) is 10.2 Å². The zero-order chi connectivity index (χ0) is 25.8. The van der Waals surface area contributed by atoms with E-state index in [0.717, 1.165) is 42.2 Å². The van der Waals surface area contributed by atoms with E-state index in [1.807, 2.05) is 39.4 Å². The van der Waals surface area contributed by atoms with Crippen LogP contribution in [0.1, 0.15) is 45.4 Å². The van der Waals surface area contributed by atoms with Gasteiger partial charge < -0.3 is 14.7 Å². The zero-order valence-corrected chi connectivity index (χ0v) is 21.3. The number of nitriles is 1. The molecule has 0 bridgehead atoms. The van der Waals surface area contributed by atoms with E-state index in [1.54, 1.807) is 12.1 Å². The minimum Gasteiger partial charge on any atom is -0.368 e. The predicted molar refractivity (Wildman–Crippen MR) is 140 cm³/mol. The van der Waals surface area contributed by atoms with Gasteiger partial charge in [-0.15, -0.1) is 11.3 Å². The standard InChI is InChI=1S/C28H28FN5O2S/c29-23-5-1-20(2-6-23)17-26(35)33-11-9-22(10-12-33)27-31-25(19-37-27)28(36)34-15-13-32(14-16-34)24-7-3-21(18-30)4-8-24/h1-8,19,22H,9-17H2. The largest absolute Gasteiger partial charge is 0.368 e. The Labute approximate surface area is 219 Å². The fourth-order valence-corrected chi connectivity index (χ4v) is 5.88. The Bertz CT molecular complexity index is 1290. The van der Waals surface area contributed by atoms with Gasteiger partial charge in [-0.1, -0.05) is 12.1 Å². The smallest absolute Gasteiger partial charge is 0.273 e. The number of nitrogens with zero attached hydrogens (tertiary/aromatic N) is 5. The van der Waals surface area contributed by atoms with Gasteiger partial charge in [0.15, 0.2) is 0 Å². The van der Waals surface area contributed by atoms with Crippen molar-refractivity contribution in [2.45, 2.75) is 25.2 Å². The molecule has 0 unspecified atom stereocenters. The number of aromatic nitrogens is 1. The zero-order valence-electron chi connectivity index (χ0n) is 20.5. The Morgan fingerprint density at radius 1 is 0.946 bits per heavy atom. The molecular formula is C28H28FN5O2S. The van der Waals surface area contributed by atoms with Crippen molar-refractivity contribution in [1.82, 2.24) is 14.8 Å². The summed E-state index contributed by atoms with van der Waals surface area (Å²) in [6, 6.07) is 15.7. The van der Waals surface area contributed by atoms with Crippen LogP contribution in [0.4, 0.5) is 10.1 Å². The number of carbonyl (C=O) groups is 2. The minimum absolute atomic E-state index is 0.0334. The number of benzene rings is 2. The van der Waals surface area contributed by atoms with Crippen LogP contribution in [0.15, 0.2) is 53.9 Å². The molecule has 0 aliphatic carbocycles. The van der Waals surface area contributed by atoms with Gasteiger partial charge in [-0.25, -0.2) is 9.37 Å². The molecule has 5 rings (SSSR count). The molecule has 3 heterocycles. The number of likely N-dealkylation sites (tertiary alicyclic amines) is 1. The molecule has 0 N–H and O–H groups in total. The third-order valence-corrected chi connectivity index (χ3v) is 8.14. The first-order valence-corrected chi connectivity index (χ1v) is 13.4. The molecular weight excluding hydrogens is 489 g/mol. The van der Waals surface area contributed by atoms with Crippen LogP contribution in [0, 0.1) is 17.1 Å². The summed E-state index contributed by atoms with van der Waals surface area (Å²) in [6.07, 6.45) is 1.92. The van der Waals surface area contributed by atoms with Crippen molar-refractivity contribution >= 4 is 28.8 Å². The van der Waals surface area contributed by atoms with Gasteiger partial charge >= 0.3 is 0 Å². The molecule has 2 saturated heterocycles. The molecule has 0 radical (unpaired) electrons. The maximum Gasteiger partial charge on any atom is 0.273 e. The van der Waals surface area contributed by atoms with Crippen LogP contribution in [0.5, 0.6) is 0 Å². The number of hydrogen-bond acceptors (Lipinski definition) is 6. The minimum atomic E-state index is -0.302. The number of amides is 2. The third kappa shape index (κ3) is 5.81. The number of anilines is 1. The topological polar surface area (TPSA) is 80.5 Å². The second kappa shape index (κ2) is 11.1. The van der Waals surface area contributed by atoms with E-state index >= 15 is 0 Å². The lowest BCUT2D eigenvalue weighted by Gasteiger charge is -2.35. The second-order valence-corrected chi connectivity index (χ2v) is 10.4. The molecule has 2 aromatic carbocycles. The van der Waals surface area contributed by atoms with Crippen LogP contribution < -0.4 is 4.90 Å². The van der Waals surface area contributed by atoms with Gasteiger partial charge in [0.1, 0.15) is 11.5 Å². The van der Waals surface area contributed by atoms with Gasteiger partial charge in [-0.3, -0.25) is 9.59 Å². The van der Waals surface area contributed by atoms with Gasteiger partial charge in [-0.05, 0) is 54.8 Å². The highest BCUT2D eigenvalue weighted by Crippen LogP contribution is 2.31. The molecule has 37 heavy (non-hydrogen) atoms. The SMILES string of the molecule is N#Cc1ccc(N2CCN(C(=O)c3csc(C4CCN(C(=O)Cc5ccc(F)cc5)CC4)n3)CC2)cc1. The number of piperidine rings is 1. The molecule has 2 amide bonds. The van der Waals surface area contributed by atoms with Crippen molar-refractivity contribution in [3.8, 4) is 6.07 Å². The van der Waals surface area contributed by atoms with Crippen LogP contribution in [0.3, 0.4) is 0 Å². The lowest BCUT2D eigenvalue weighted by atomic mass is 9.97. The maximum absolute atomic E-state index is 13.1. The fourth-order valence-electron chi connectivity index (χ4n) is 4.91. The van der Waals surface area contributed by atoms with Gasteiger partial charge in [0.2, 0.25) is 5.91 Å². The van der Waals surface area contributed by atoms with E-state index in [-0.39, 0.29) is 30.0 Å². The molecule has 0 saturated carbocycles. The number of halogens is 1. The normalized spacial score (nSPS) is 16.5. The van der Waals surface area contributed by atoms with Crippen LogP contribution >= 0.6 is 11.3 Å². The molecule has 2 fully saturated rings. The third-order valence-electron chi connectivity index (χ3n) is 7.14. The van der Waals surface area contributed by atoms with Crippen LogP contribution in [-0.4, -0.2) is 65.9 Å². The number of thiazole rings is 1. The van der Waals surface area contributed by atoms with Crippen molar-refractivity contribution in [3.63, 3.8) is 0 Å². The Morgan fingerprint density at radius 2 is 1.62 bits per heavy atom. The van der Waals surface area contributed by atoms with Crippen molar-refractivity contribution in [2.75, 3.05) is 44.2 Å². The summed E-state index contributed by atoms with van der Waals surface area (Å²) in [5.74, 6) is -0.0348. The molecule has 2 aliphatic rings. The van der Waals surface area contributed by atoms with Crippen LogP contribution in [-0.2, 0) is 11.2 Å². The molecule has 0 atom stereocenters. The Kier molecular flexibility index (Phi) is 7.47. The van der Waals surface area contributed by atoms with E-state index in [1.165, 1.54) is 23.5 Å². The van der Waals surface area contributed by atoms with E-state index in [0.29, 0.717) is 37.4 Å². The van der Waals surface area contributed by atoms with E-state index in [2.05, 4.69) is 11.0 Å². The van der Waals surface area contributed by atoms with E-state index < -0.39 is 0 Å². The summed E-state index contributed by atoms with van der Waals surface area (Å²) in [5.41, 5.74) is 3.01. The van der Waals surface area contributed by atoms with Gasteiger partial charge in [0.25, 0.3) is 5.91 Å². The van der Waals surface area contributed by atoms with Gasteiger partial charge in [-0.2, -0.15) is 5.26 Å².